The number of hydrogen-bond acceptors (Lipinski definition) is 6. The maximum absolute atomic E-state index is 12.5. The van der Waals surface area contributed by atoms with E-state index in [0.29, 0.717) is 35.4 Å². The highest BCUT2D eigenvalue weighted by Gasteiger charge is 2.23. The summed E-state index contributed by atoms with van der Waals surface area (Å²) in [6, 6.07) is 16.7. The highest BCUT2D eigenvalue weighted by molar-refractivity contribution is 6.31. The van der Waals surface area contributed by atoms with E-state index < -0.39 is 0 Å². The summed E-state index contributed by atoms with van der Waals surface area (Å²) in [5, 5.41) is 3.37. The molecule has 2 aromatic heterocycles. The quantitative estimate of drug-likeness (QED) is 0.472. The Bertz CT molecular complexity index is 1240. The van der Waals surface area contributed by atoms with Crippen LogP contribution in [-0.2, 0) is 13.1 Å². The van der Waals surface area contributed by atoms with Crippen molar-refractivity contribution in [3.63, 3.8) is 0 Å². The number of hydrogen-bond donors (Lipinski definition) is 1. The van der Waals surface area contributed by atoms with E-state index in [1.807, 2.05) is 36.4 Å². The Labute approximate surface area is 183 Å². The molecule has 0 saturated heterocycles. The number of oxazole rings is 1. The molecule has 0 radical (unpaired) electrons. The summed E-state index contributed by atoms with van der Waals surface area (Å²) in [5.41, 5.74) is 2.68. The number of carbonyl (C=O) groups excluding carboxylic acids is 1. The summed E-state index contributed by atoms with van der Waals surface area (Å²) in [6.07, 6.45) is 4.56. The van der Waals surface area contributed by atoms with Gasteiger partial charge in [0.2, 0.25) is 5.89 Å². The molecule has 1 N–H and O–H groups in total. The second-order valence-electron chi connectivity index (χ2n) is 6.99. The number of anilines is 2. The van der Waals surface area contributed by atoms with E-state index in [0.717, 1.165) is 17.0 Å². The van der Waals surface area contributed by atoms with Crippen LogP contribution in [0.25, 0.3) is 0 Å². The Hall–Kier alpha value is -3.84. The van der Waals surface area contributed by atoms with Gasteiger partial charge in [-0.1, -0.05) is 29.8 Å². The predicted octanol–water partition coefficient (Wildman–Crippen LogP) is 5.29. The van der Waals surface area contributed by atoms with Gasteiger partial charge in [0.25, 0.3) is 5.91 Å². The first-order valence-electron chi connectivity index (χ1n) is 9.62. The van der Waals surface area contributed by atoms with E-state index in [2.05, 4.69) is 20.2 Å². The third kappa shape index (κ3) is 4.08. The van der Waals surface area contributed by atoms with E-state index in [1.165, 1.54) is 6.26 Å². The Morgan fingerprint density at radius 2 is 1.94 bits per heavy atom. The van der Waals surface area contributed by atoms with Gasteiger partial charge in [0.15, 0.2) is 11.4 Å². The number of nitrogens with zero attached hydrogens (tertiary/aromatic N) is 3. The van der Waals surface area contributed by atoms with Crippen LogP contribution in [0.15, 0.2) is 77.7 Å². The van der Waals surface area contributed by atoms with Crippen molar-refractivity contribution >= 4 is 28.9 Å². The summed E-state index contributed by atoms with van der Waals surface area (Å²) in [6.45, 7) is 0.915. The van der Waals surface area contributed by atoms with Crippen LogP contribution in [0.2, 0.25) is 5.02 Å². The van der Waals surface area contributed by atoms with Crippen molar-refractivity contribution in [1.82, 2.24) is 9.97 Å². The average molecular weight is 433 g/mol. The van der Waals surface area contributed by atoms with Crippen molar-refractivity contribution in [2.75, 3.05) is 10.2 Å². The lowest BCUT2D eigenvalue weighted by Crippen LogP contribution is -2.22. The van der Waals surface area contributed by atoms with Crippen LogP contribution in [-0.4, -0.2) is 15.9 Å². The molecule has 8 heteroatoms. The fourth-order valence-electron chi connectivity index (χ4n) is 3.39. The van der Waals surface area contributed by atoms with Crippen molar-refractivity contribution in [2.45, 2.75) is 13.1 Å². The van der Waals surface area contributed by atoms with Crippen LogP contribution in [0.3, 0.4) is 0 Å². The summed E-state index contributed by atoms with van der Waals surface area (Å²) >= 11 is 6.25. The van der Waals surface area contributed by atoms with Gasteiger partial charge in [0.1, 0.15) is 12.0 Å². The van der Waals surface area contributed by atoms with Crippen LogP contribution >= 0.6 is 11.6 Å². The molecule has 2 aromatic carbocycles. The largest absolute Gasteiger partial charge is 0.455 e. The molecule has 0 fully saturated rings. The minimum atomic E-state index is -0.353. The molecule has 0 aliphatic carbocycles. The van der Waals surface area contributed by atoms with E-state index in [4.69, 9.17) is 20.8 Å². The average Bonchev–Trinajstić information content (AvgIpc) is 3.19. The summed E-state index contributed by atoms with van der Waals surface area (Å²) in [5.74, 6) is 1.54. The molecule has 4 aromatic rings. The van der Waals surface area contributed by atoms with Gasteiger partial charge in [-0.25, -0.2) is 4.98 Å². The molecule has 0 unspecified atom stereocenters. The fraction of sp³-hybridized carbons (Fsp3) is 0.0870. The van der Waals surface area contributed by atoms with Crippen molar-refractivity contribution < 1.29 is 13.9 Å². The van der Waals surface area contributed by atoms with Crippen LogP contribution in [0.5, 0.6) is 11.5 Å². The molecule has 7 nitrogen and oxygen atoms in total. The molecule has 0 bridgehead atoms. The normalized spacial score (nSPS) is 12.4. The monoisotopic (exact) mass is 432 g/mol. The number of nitrogens with one attached hydrogen (secondary N) is 1. The summed E-state index contributed by atoms with van der Waals surface area (Å²) in [4.78, 5) is 22.8. The molecule has 1 amide bonds. The predicted molar refractivity (Wildman–Crippen MR) is 117 cm³/mol. The van der Waals surface area contributed by atoms with Gasteiger partial charge < -0.3 is 19.4 Å². The van der Waals surface area contributed by atoms with Gasteiger partial charge in [0.05, 0.1) is 12.2 Å². The SMILES string of the molecule is O=C(Nc1ccncc1)c1coc(CN2Cc3ccccc3Oc3ccc(Cl)cc32)n1. The lowest BCUT2D eigenvalue weighted by molar-refractivity contribution is 0.102. The Balaban J connectivity index is 1.40. The first kappa shape index (κ1) is 19.1. The van der Waals surface area contributed by atoms with Crippen LogP contribution < -0.4 is 15.0 Å². The van der Waals surface area contributed by atoms with Crippen molar-refractivity contribution in [1.29, 1.82) is 0 Å². The number of amides is 1. The zero-order chi connectivity index (χ0) is 21.2. The first-order valence-corrected chi connectivity index (χ1v) is 9.99. The second kappa shape index (κ2) is 8.12. The maximum Gasteiger partial charge on any atom is 0.277 e. The Kier molecular flexibility index (Phi) is 5.01. The number of carbonyl (C=O) groups is 1. The topological polar surface area (TPSA) is 80.5 Å². The number of fused-ring (bicyclic) bond motifs is 2. The van der Waals surface area contributed by atoms with Gasteiger partial charge >= 0.3 is 0 Å². The molecule has 1 aliphatic heterocycles. The van der Waals surface area contributed by atoms with Gasteiger partial charge in [-0.3, -0.25) is 9.78 Å². The molecule has 154 valence electrons. The molecule has 31 heavy (non-hydrogen) atoms. The number of aromatic nitrogens is 2. The fourth-order valence-corrected chi connectivity index (χ4v) is 3.56. The Morgan fingerprint density at radius 1 is 1.10 bits per heavy atom. The molecule has 5 rings (SSSR count). The lowest BCUT2D eigenvalue weighted by atomic mass is 10.2. The first-order chi connectivity index (χ1) is 15.2. The standard InChI is InChI=1S/C23H17ClN4O3/c24-16-5-6-21-19(11-16)28(12-15-3-1-2-4-20(15)31-21)13-22-27-18(14-30-22)23(29)26-17-7-9-25-10-8-17/h1-11,14H,12-13H2,(H,25,26,29). The van der Waals surface area contributed by atoms with Gasteiger partial charge in [-0.05, 0) is 36.4 Å². The number of para-hydroxylation sites is 1. The highest BCUT2D eigenvalue weighted by Crippen LogP contribution is 2.40. The van der Waals surface area contributed by atoms with E-state index in [1.54, 1.807) is 30.6 Å². The molecule has 3 heterocycles. The van der Waals surface area contributed by atoms with Crippen LogP contribution in [0.1, 0.15) is 21.9 Å². The van der Waals surface area contributed by atoms with E-state index >= 15 is 0 Å². The van der Waals surface area contributed by atoms with E-state index in [-0.39, 0.29) is 11.6 Å². The van der Waals surface area contributed by atoms with Crippen LogP contribution in [0, 0.1) is 0 Å². The smallest absolute Gasteiger partial charge is 0.277 e. The summed E-state index contributed by atoms with van der Waals surface area (Å²) in [7, 11) is 0. The number of ether oxygens (including phenoxy) is 1. The maximum atomic E-state index is 12.5. The zero-order valence-corrected chi connectivity index (χ0v) is 17.0. The molecule has 1 aliphatic rings. The van der Waals surface area contributed by atoms with Crippen LogP contribution in [0.4, 0.5) is 11.4 Å². The third-order valence-corrected chi connectivity index (χ3v) is 5.10. The minimum absolute atomic E-state index is 0.199. The second-order valence-corrected chi connectivity index (χ2v) is 7.43. The van der Waals surface area contributed by atoms with Gasteiger partial charge in [0, 0.05) is 35.2 Å². The van der Waals surface area contributed by atoms with Gasteiger partial charge in [-0.15, -0.1) is 0 Å². The van der Waals surface area contributed by atoms with Crippen molar-refractivity contribution in [3.8, 4) is 11.5 Å². The molecule has 0 saturated carbocycles. The van der Waals surface area contributed by atoms with Crippen molar-refractivity contribution in [3.05, 3.63) is 95.4 Å². The van der Waals surface area contributed by atoms with Crippen molar-refractivity contribution in [2.24, 2.45) is 0 Å². The zero-order valence-electron chi connectivity index (χ0n) is 16.3. The molecule has 0 atom stereocenters. The highest BCUT2D eigenvalue weighted by atomic mass is 35.5. The Morgan fingerprint density at radius 3 is 2.81 bits per heavy atom. The number of pyridine rings is 1. The molecular formula is C23H17ClN4O3. The molecule has 0 spiro atoms. The lowest BCUT2D eigenvalue weighted by Gasteiger charge is -2.22. The number of benzene rings is 2. The number of halogens is 1. The number of rotatable bonds is 4. The summed E-state index contributed by atoms with van der Waals surface area (Å²) < 4.78 is 11.7. The third-order valence-electron chi connectivity index (χ3n) is 4.86. The van der Waals surface area contributed by atoms with Gasteiger partial charge in [-0.2, -0.15) is 0 Å². The molecular weight excluding hydrogens is 416 g/mol. The van der Waals surface area contributed by atoms with E-state index in [9.17, 15) is 4.79 Å². The minimum Gasteiger partial charge on any atom is -0.455 e.